The summed E-state index contributed by atoms with van der Waals surface area (Å²) < 4.78 is 6.91. The molecule has 4 heteroatoms. The Hall–Kier alpha value is 0.1000. The SMILES string of the molecule is CC(C)CNCC1(Cc2sccc2Br)CCOC1. The normalized spacial score (nSPS) is 24.0. The zero-order valence-electron chi connectivity index (χ0n) is 11.2. The van der Waals surface area contributed by atoms with Gasteiger partial charge in [-0.15, -0.1) is 11.3 Å². The van der Waals surface area contributed by atoms with E-state index in [1.807, 2.05) is 11.3 Å². The number of hydrogen-bond donors (Lipinski definition) is 1. The van der Waals surface area contributed by atoms with Gasteiger partial charge in [-0.3, -0.25) is 0 Å². The number of hydrogen-bond acceptors (Lipinski definition) is 3. The standard InChI is InChI=1S/C14H22BrNOS/c1-11(2)8-16-9-14(4-5-17-10-14)7-13-12(15)3-6-18-13/h3,6,11,16H,4-5,7-10H2,1-2H3. The van der Waals surface area contributed by atoms with Gasteiger partial charge in [-0.2, -0.15) is 0 Å². The zero-order chi connectivity index (χ0) is 13.0. The van der Waals surface area contributed by atoms with E-state index in [9.17, 15) is 0 Å². The van der Waals surface area contributed by atoms with Crippen molar-refractivity contribution in [1.82, 2.24) is 5.32 Å². The van der Waals surface area contributed by atoms with Crippen molar-refractivity contribution >= 4 is 27.3 Å². The Bertz CT molecular complexity index is 372. The molecule has 0 amide bonds. The van der Waals surface area contributed by atoms with Gasteiger partial charge in [-0.25, -0.2) is 0 Å². The first-order valence-corrected chi connectivity index (χ1v) is 8.29. The maximum Gasteiger partial charge on any atom is 0.0538 e. The van der Waals surface area contributed by atoms with Crippen LogP contribution in [0, 0.1) is 11.3 Å². The Morgan fingerprint density at radius 2 is 2.39 bits per heavy atom. The van der Waals surface area contributed by atoms with Crippen LogP contribution in [0.25, 0.3) is 0 Å². The highest BCUT2D eigenvalue weighted by molar-refractivity contribution is 9.10. The largest absolute Gasteiger partial charge is 0.381 e. The van der Waals surface area contributed by atoms with Crippen molar-refractivity contribution in [2.45, 2.75) is 26.7 Å². The third kappa shape index (κ3) is 3.80. The molecule has 1 saturated heterocycles. The number of ether oxygens (including phenoxy) is 1. The molecule has 0 bridgehead atoms. The van der Waals surface area contributed by atoms with E-state index in [0.717, 1.165) is 32.7 Å². The predicted octanol–water partition coefficient (Wildman–Crippen LogP) is 3.71. The molecule has 1 aliphatic rings. The molecule has 1 aromatic heterocycles. The van der Waals surface area contributed by atoms with E-state index in [0.29, 0.717) is 11.3 Å². The van der Waals surface area contributed by atoms with Gasteiger partial charge in [-0.1, -0.05) is 13.8 Å². The van der Waals surface area contributed by atoms with Crippen molar-refractivity contribution < 1.29 is 4.74 Å². The topological polar surface area (TPSA) is 21.3 Å². The zero-order valence-corrected chi connectivity index (χ0v) is 13.6. The minimum atomic E-state index is 0.294. The summed E-state index contributed by atoms with van der Waals surface area (Å²) in [4.78, 5) is 1.45. The van der Waals surface area contributed by atoms with E-state index in [1.54, 1.807) is 0 Å². The number of thiophene rings is 1. The molecule has 102 valence electrons. The number of halogens is 1. The Morgan fingerprint density at radius 1 is 1.56 bits per heavy atom. The predicted molar refractivity (Wildman–Crippen MR) is 81.3 cm³/mol. The van der Waals surface area contributed by atoms with Crippen molar-refractivity contribution in [1.29, 1.82) is 0 Å². The maximum absolute atomic E-state index is 5.66. The molecule has 1 unspecified atom stereocenters. The molecule has 0 aliphatic carbocycles. The molecule has 2 nitrogen and oxygen atoms in total. The molecule has 1 N–H and O–H groups in total. The third-order valence-corrected chi connectivity index (χ3v) is 5.39. The second-order valence-electron chi connectivity index (χ2n) is 5.70. The van der Waals surface area contributed by atoms with E-state index in [4.69, 9.17) is 4.74 Å². The van der Waals surface area contributed by atoms with Gasteiger partial charge in [-0.05, 0) is 52.7 Å². The van der Waals surface area contributed by atoms with Gasteiger partial charge >= 0.3 is 0 Å². The van der Waals surface area contributed by atoms with E-state index in [2.05, 4.69) is 46.5 Å². The first kappa shape index (κ1) is 14.5. The van der Waals surface area contributed by atoms with Gasteiger partial charge in [0.15, 0.2) is 0 Å². The fourth-order valence-electron chi connectivity index (χ4n) is 2.41. The van der Waals surface area contributed by atoms with Crippen LogP contribution in [-0.2, 0) is 11.2 Å². The van der Waals surface area contributed by atoms with Crippen LogP contribution < -0.4 is 5.32 Å². The lowest BCUT2D eigenvalue weighted by Gasteiger charge is -2.28. The smallest absolute Gasteiger partial charge is 0.0538 e. The average Bonchev–Trinajstić information content (AvgIpc) is 2.90. The summed E-state index contributed by atoms with van der Waals surface area (Å²) >= 11 is 5.48. The van der Waals surface area contributed by atoms with Crippen LogP contribution in [0.4, 0.5) is 0 Å². The lowest BCUT2D eigenvalue weighted by molar-refractivity contribution is 0.149. The summed E-state index contributed by atoms with van der Waals surface area (Å²) in [6, 6.07) is 2.14. The van der Waals surface area contributed by atoms with E-state index >= 15 is 0 Å². The Labute approximate surface area is 122 Å². The van der Waals surface area contributed by atoms with Crippen LogP contribution >= 0.6 is 27.3 Å². The van der Waals surface area contributed by atoms with Gasteiger partial charge in [0.25, 0.3) is 0 Å². The molecule has 1 aromatic rings. The molecular weight excluding hydrogens is 310 g/mol. The Kier molecular flexibility index (Phi) is 5.24. The molecule has 0 spiro atoms. The van der Waals surface area contributed by atoms with E-state index in [1.165, 1.54) is 15.8 Å². The Balaban J connectivity index is 1.96. The van der Waals surface area contributed by atoms with Crippen molar-refractivity contribution in [2.24, 2.45) is 11.3 Å². The lowest BCUT2D eigenvalue weighted by atomic mass is 9.83. The van der Waals surface area contributed by atoms with Crippen LogP contribution in [0.3, 0.4) is 0 Å². The third-order valence-electron chi connectivity index (χ3n) is 3.46. The van der Waals surface area contributed by atoms with Crippen LogP contribution in [0.1, 0.15) is 25.1 Å². The molecular formula is C14H22BrNOS. The second kappa shape index (κ2) is 6.51. The molecule has 2 heterocycles. The summed E-state index contributed by atoms with van der Waals surface area (Å²) in [5.41, 5.74) is 0.294. The first-order valence-electron chi connectivity index (χ1n) is 6.62. The Morgan fingerprint density at radius 3 is 2.94 bits per heavy atom. The van der Waals surface area contributed by atoms with Crippen molar-refractivity contribution in [3.05, 3.63) is 20.8 Å². The number of nitrogens with one attached hydrogen (secondary N) is 1. The van der Waals surface area contributed by atoms with Gasteiger partial charge in [0.1, 0.15) is 0 Å². The second-order valence-corrected chi connectivity index (χ2v) is 7.55. The highest BCUT2D eigenvalue weighted by atomic mass is 79.9. The van der Waals surface area contributed by atoms with Gasteiger partial charge in [0.05, 0.1) is 6.61 Å². The monoisotopic (exact) mass is 331 g/mol. The number of rotatable bonds is 6. The minimum Gasteiger partial charge on any atom is -0.381 e. The summed E-state index contributed by atoms with van der Waals surface area (Å²) in [6.45, 7) is 8.46. The maximum atomic E-state index is 5.66. The molecule has 1 aliphatic heterocycles. The summed E-state index contributed by atoms with van der Waals surface area (Å²) in [5, 5.41) is 5.77. The highest BCUT2D eigenvalue weighted by Gasteiger charge is 2.35. The van der Waals surface area contributed by atoms with Crippen molar-refractivity contribution in [3.63, 3.8) is 0 Å². The quantitative estimate of drug-likeness (QED) is 0.858. The van der Waals surface area contributed by atoms with Gasteiger partial charge < -0.3 is 10.1 Å². The van der Waals surface area contributed by atoms with Gasteiger partial charge in [0, 0.05) is 27.9 Å². The molecule has 0 radical (unpaired) electrons. The summed E-state index contributed by atoms with van der Waals surface area (Å²) in [5.74, 6) is 0.706. The van der Waals surface area contributed by atoms with Crippen LogP contribution in [0.15, 0.2) is 15.9 Å². The van der Waals surface area contributed by atoms with E-state index in [-0.39, 0.29) is 0 Å². The average molecular weight is 332 g/mol. The van der Waals surface area contributed by atoms with Crippen LogP contribution in [-0.4, -0.2) is 26.3 Å². The van der Waals surface area contributed by atoms with Crippen LogP contribution in [0.5, 0.6) is 0 Å². The molecule has 2 rings (SSSR count). The van der Waals surface area contributed by atoms with Gasteiger partial charge in [0.2, 0.25) is 0 Å². The highest BCUT2D eigenvalue weighted by Crippen LogP contribution is 2.36. The molecule has 1 fully saturated rings. The fraction of sp³-hybridized carbons (Fsp3) is 0.714. The van der Waals surface area contributed by atoms with E-state index < -0.39 is 0 Å². The summed E-state index contributed by atoms with van der Waals surface area (Å²) in [6.07, 6.45) is 2.29. The lowest BCUT2D eigenvalue weighted by Crippen LogP contribution is -2.38. The molecule has 0 saturated carbocycles. The summed E-state index contributed by atoms with van der Waals surface area (Å²) in [7, 11) is 0. The van der Waals surface area contributed by atoms with Crippen molar-refractivity contribution in [3.8, 4) is 0 Å². The van der Waals surface area contributed by atoms with Crippen molar-refractivity contribution in [2.75, 3.05) is 26.3 Å². The molecule has 18 heavy (non-hydrogen) atoms. The molecule has 0 aromatic carbocycles. The van der Waals surface area contributed by atoms with Crippen LogP contribution in [0.2, 0.25) is 0 Å². The first-order chi connectivity index (χ1) is 8.61. The fourth-order valence-corrected chi connectivity index (χ4v) is 4.07. The molecule has 1 atom stereocenters. The minimum absolute atomic E-state index is 0.294.